The molecule has 0 aromatic heterocycles. The van der Waals surface area contributed by atoms with E-state index >= 15 is 0 Å². The third-order valence-electron chi connectivity index (χ3n) is 2.90. The van der Waals surface area contributed by atoms with Crippen molar-refractivity contribution in [2.24, 2.45) is 11.3 Å². The quantitative estimate of drug-likeness (QED) is 0.741. The summed E-state index contributed by atoms with van der Waals surface area (Å²) in [5.41, 5.74) is -0.237. The Morgan fingerprint density at radius 1 is 1.40 bits per heavy atom. The van der Waals surface area contributed by atoms with Crippen LogP contribution in [0.5, 0.6) is 0 Å². The lowest BCUT2D eigenvalue weighted by molar-refractivity contribution is -0.126. The van der Waals surface area contributed by atoms with E-state index in [1.807, 2.05) is 20.8 Å². The van der Waals surface area contributed by atoms with Crippen molar-refractivity contribution in [1.82, 2.24) is 0 Å². The third-order valence-corrected chi connectivity index (χ3v) is 3.69. The second-order valence-corrected chi connectivity index (χ2v) is 6.48. The monoisotopic (exact) mass is 276 g/mol. The van der Waals surface area contributed by atoms with Crippen molar-refractivity contribution in [1.29, 1.82) is 0 Å². The SMILES string of the molecule is CC(C)(C)C(=O)C(Br)CC1CCOCC1. The van der Waals surface area contributed by atoms with Gasteiger partial charge < -0.3 is 4.74 Å². The minimum absolute atomic E-state index is 0.0144. The first-order chi connectivity index (χ1) is 6.91. The number of halogens is 1. The van der Waals surface area contributed by atoms with Crippen molar-refractivity contribution in [3.63, 3.8) is 0 Å². The number of rotatable bonds is 3. The summed E-state index contributed by atoms with van der Waals surface area (Å²) in [4.78, 5) is 12.0. The number of hydrogen-bond donors (Lipinski definition) is 0. The Morgan fingerprint density at radius 2 is 1.93 bits per heavy atom. The van der Waals surface area contributed by atoms with E-state index < -0.39 is 0 Å². The largest absolute Gasteiger partial charge is 0.381 e. The maximum Gasteiger partial charge on any atom is 0.151 e. The molecule has 1 saturated heterocycles. The molecular weight excluding hydrogens is 256 g/mol. The van der Waals surface area contributed by atoms with E-state index in [1.54, 1.807) is 0 Å². The molecule has 2 nitrogen and oxygen atoms in total. The molecule has 1 rings (SSSR count). The van der Waals surface area contributed by atoms with Gasteiger partial charge in [0.05, 0.1) is 4.83 Å². The number of Topliss-reactive ketones (excluding diaryl/α,β-unsaturated/α-hetero) is 1. The van der Waals surface area contributed by atoms with Gasteiger partial charge in [0.15, 0.2) is 5.78 Å². The minimum atomic E-state index is -0.237. The Bertz CT molecular complexity index is 214. The van der Waals surface area contributed by atoms with Crippen LogP contribution in [0.1, 0.15) is 40.0 Å². The van der Waals surface area contributed by atoms with Crippen LogP contribution in [0.3, 0.4) is 0 Å². The fourth-order valence-corrected chi connectivity index (χ4v) is 3.07. The van der Waals surface area contributed by atoms with Crippen LogP contribution in [-0.4, -0.2) is 23.8 Å². The Balaban J connectivity index is 2.40. The fourth-order valence-electron chi connectivity index (χ4n) is 1.85. The first kappa shape index (κ1) is 13.2. The van der Waals surface area contributed by atoms with Crippen LogP contribution in [0.25, 0.3) is 0 Å². The average molecular weight is 277 g/mol. The summed E-state index contributed by atoms with van der Waals surface area (Å²) in [5.74, 6) is 0.961. The Hall–Kier alpha value is 0.110. The van der Waals surface area contributed by atoms with Gasteiger partial charge in [0.1, 0.15) is 0 Å². The van der Waals surface area contributed by atoms with Crippen LogP contribution in [0.15, 0.2) is 0 Å². The maximum absolute atomic E-state index is 12.0. The van der Waals surface area contributed by atoms with Gasteiger partial charge in [-0.2, -0.15) is 0 Å². The van der Waals surface area contributed by atoms with E-state index in [2.05, 4.69) is 15.9 Å². The molecule has 0 saturated carbocycles. The normalized spacial score (nSPS) is 21.3. The lowest BCUT2D eigenvalue weighted by Crippen LogP contribution is -2.31. The highest BCUT2D eigenvalue weighted by molar-refractivity contribution is 9.10. The number of ketones is 1. The molecule has 0 aromatic rings. The summed E-state index contributed by atoms with van der Waals surface area (Å²) in [7, 11) is 0. The van der Waals surface area contributed by atoms with Gasteiger partial charge in [0, 0.05) is 18.6 Å². The van der Waals surface area contributed by atoms with Gasteiger partial charge in [-0.1, -0.05) is 36.7 Å². The molecule has 1 fully saturated rings. The van der Waals surface area contributed by atoms with Crippen LogP contribution in [-0.2, 0) is 9.53 Å². The predicted molar refractivity (Wildman–Crippen MR) is 65.3 cm³/mol. The number of ether oxygens (including phenoxy) is 1. The molecule has 1 aliphatic heterocycles. The molecule has 0 bridgehead atoms. The van der Waals surface area contributed by atoms with E-state index in [0.717, 1.165) is 32.5 Å². The summed E-state index contributed by atoms with van der Waals surface area (Å²) in [6.07, 6.45) is 3.15. The van der Waals surface area contributed by atoms with Gasteiger partial charge in [-0.05, 0) is 25.2 Å². The van der Waals surface area contributed by atoms with Crippen molar-refractivity contribution < 1.29 is 9.53 Å². The Labute approximate surface area is 101 Å². The first-order valence-electron chi connectivity index (χ1n) is 5.67. The maximum atomic E-state index is 12.0. The highest BCUT2D eigenvalue weighted by Crippen LogP contribution is 2.28. The lowest BCUT2D eigenvalue weighted by Gasteiger charge is -2.26. The molecule has 0 radical (unpaired) electrons. The van der Waals surface area contributed by atoms with Crippen molar-refractivity contribution in [3.8, 4) is 0 Å². The van der Waals surface area contributed by atoms with Crippen molar-refractivity contribution in [2.45, 2.75) is 44.9 Å². The molecule has 0 aromatic carbocycles. The van der Waals surface area contributed by atoms with Gasteiger partial charge in [-0.25, -0.2) is 0 Å². The molecule has 0 amide bonds. The third kappa shape index (κ3) is 4.23. The van der Waals surface area contributed by atoms with Crippen LogP contribution in [0.2, 0.25) is 0 Å². The average Bonchev–Trinajstić information content (AvgIpc) is 2.16. The second-order valence-electron chi connectivity index (χ2n) is 5.37. The number of alkyl halides is 1. The summed E-state index contributed by atoms with van der Waals surface area (Å²) < 4.78 is 5.31. The summed E-state index contributed by atoms with van der Waals surface area (Å²) in [6, 6.07) is 0. The Morgan fingerprint density at radius 3 is 2.40 bits per heavy atom. The van der Waals surface area contributed by atoms with Gasteiger partial charge in [0.25, 0.3) is 0 Å². The molecule has 0 spiro atoms. The van der Waals surface area contributed by atoms with Crippen molar-refractivity contribution >= 4 is 21.7 Å². The van der Waals surface area contributed by atoms with Crippen molar-refractivity contribution in [3.05, 3.63) is 0 Å². The van der Waals surface area contributed by atoms with Gasteiger partial charge in [-0.15, -0.1) is 0 Å². The number of carbonyl (C=O) groups is 1. The summed E-state index contributed by atoms with van der Waals surface area (Å²) in [6.45, 7) is 7.65. The van der Waals surface area contributed by atoms with Crippen molar-refractivity contribution in [2.75, 3.05) is 13.2 Å². The zero-order valence-electron chi connectivity index (χ0n) is 9.88. The van der Waals surface area contributed by atoms with Crippen LogP contribution in [0, 0.1) is 11.3 Å². The van der Waals surface area contributed by atoms with E-state index in [9.17, 15) is 4.79 Å². The summed E-state index contributed by atoms with van der Waals surface area (Å²) >= 11 is 3.52. The van der Waals surface area contributed by atoms with Crippen LogP contribution < -0.4 is 0 Å². The molecular formula is C12H21BrO2. The van der Waals surface area contributed by atoms with Crippen LogP contribution in [0.4, 0.5) is 0 Å². The Kier molecular flexibility index (Phi) is 4.78. The number of carbonyl (C=O) groups excluding carboxylic acids is 1. The topological polar surface area (TPSA) is 26.3 Å². The predicted octanol–water partition coefficient (Wildman–Crippen LogP) is 3.18. The molecule has 0 N–H and O–H groups in total. The van der Waals surface area contributed by atoms with Gasteiger partial charge >= 0.3 is 0 Å². The molecule has 0 aliphatic carbocycles. The molecule has 1 unspecified atom stereocenters. The van der Waals surface area contributed by atoms with Crippen LogP contribution >= 0.6 is 15.9 Å². The molecule has 1 atom stereocenters. The standard InChI is InChI=1S/C12H21BrO2/c1-12(2,3)11(14)10(13)8-9-4-6-15-7-5-9/h9-10H,4-8H2,1-3H3. The van der Waals surface area contributed by atoms with E-state index in [0.29, 0.717) is 11.7 Å². The second kappa shape index (κ2) is 5.44. The van der Waals surface area contributed by atoms with Gasteiger partial charge in [-0.3, -0.25) is 4.79 Å². The lowest BCUT2D eigenvalue weighted by atomic mass is 9.85. The molecule has 1 heterocycles. The van der Waals surface area contributed by atoms with E-state index in [-0.39, 0.29) is 10.2 Å². The molecule has 15 heavy (non-hydrogen) atoms. The highest BCUT2D eigenvalue weighted by atomic mass is 79.9. The van der Waals surface area contributed by atoms with E-state index in [1.165, 1.54) is 0 Å². The fraction of sp³-hybridized carbons (Fsp3) is 0.917. The summed E-state index contributed by atoms with van der Waals surface area (Å²) in [5, 5.41) is 0. The molecule has 88 valence electrons. The highest BCUT2D eigenvalue weighted by Gasteiger charge is 2.30. The zero-order valence-corrected chi connectivity index (χ0v) is 11.5. The molecule has 1 aliphatic rings. The number of hydrogen-bond acceptors (Lipinski definition) is 2. The zero-order chi connectivity index (χ0) is 11.5. The van der Waals surface area contributed by atoms with E-state index in [4.69, 9.17) is 4.74 Å². The van der Waals surface area contributed by atoms with Gasteiger partial charge in [0.2, 0.25) is 0 Å². The molecule has 3 heteroatoms. The minimum Gasteiger partial charge on any atom is -0.381 e. The smallest absolute Gasteiger partial charge is 0.151 e. The first-order valence-corrected chi connectivity index (χ1v) is 6.59.